The Morgan fingerprint density at radius 1 is 1.19 bits per heavy atom. The zero-order valence-electron chi connectivity index (χ0n) is 19.9. The predicted molar refractivity (Wildman–Crippen MR) is 121 cm³/mol. The first kappa shape index (κ1) is 25.1. The number of carbonyl (C=O) groups is 2. The minimum Gasteiger partial charge on any atom is -0.494 e. The molecule has 1 aliphatic heterocycles. The molecule has 0 aliphatic carbocycles. The van der Waals surface area contributed by atoms with Gasteiger partial charge in [-0.15, -0.1) is 10.2 Å². The fourth-order valence-corrected chi connectivity index (χ4v) is 3.54. The number of methoxy groups -OCH3 is 2. The summed E-state index contributed by atoms with van der Waals surface area (Å²) in [6, 6.07) is 7.66. The number of nitrogens with one attached hydrogen (secondary N) is 1. The van der Waals surface area contributed by atoms with E-state index in [1.807, 2.05) is 0 Å². The molecule has 1 N–H and O–H groups in total. The molecule has 1 aliphatic rings. The largest absolute Gasteiger partial charge is 0.494 e. The maximum absolute atomic E-state index is 13.6. The minimum atomic E-state index is -0.750. The van der Waals surface area contributed by atoms with Crippen molar-refractivity contribution in [3.63, 3.8) is 0 Å². The van der Waals surface area contributed by atoms with Crippen molar-refractivity contribution >= 4 is 11.9 Å². The first-order valence-corrected chi connectivity index (χ1v) is 11.0. The van der Waals surface area contributed by atoms with Crippen molar-refractivity contribution in [2.24, 2.45) is 0 Å². The number of nitrogens with zero attached hydrogens (tertiary/aromatic N) is 5. The van der Waals surface area contributed by atoms with Crippen molar-refractivity contribution in [1.29, 1.82) is 0 Å². The van der Waals surface area contributed by atoms with E-state index in [4.69, 9.17) is 14.2 Å². The van der Waals surface area contributed by atoms with Gasteiger partial charge in [0.25, 0.3) is 5.91 Å². The van der Waals surface area contributed by atoms with Crippen LogP contribution in [0, 0.1) is 12.7 Å². The SMILES string of the molecule is COC(=O)[C@@H]1CO[C@H](Cn2nnc(-c3cc(C)nc(C(=O)NCc4ccc(F)c(OC)c4)c3)n2)CO1. The molecular weight excluding hydrogens is 475 g/mol. The highest BCUT2D eigenvalue weighted by atomic mass is 19.1. The van der Waals surface area contributed by atoms with Gasteiger partial charge in [0.1, 0.15) is 11.8 Å². The summed E-state index contributed by atoms with van der Waals surface area (Å²) in [5.41, 5.74) is 2.00. The van der Waals surface area contributed by atoms with Gasteiger partial charge in [0, 0.05) is 17.8 Å². The third kappa shape index (κ3) is 5.98. The lowest BCUT2D eigenvalue weighted by Gasteiger charge is -2.27. The van der Waals surface area contributed by atoms with Gasteiger partial charge in [-0.25, -0.2) is 14.2 Å². The number of halogens is 1. The maximum atomic E-state index is 13.6. The monoisotopic (exact) mass is 500 g/mol. The van der Waals surface area contributed by atoms with Crippen LogP contribution in [0.25, 0.3) is 11.4 Å². The molecule has 0 spiro atoms. The highest BCUT2D eigenvalue weighted by molar-refractivity contribution is 5.93. The van der Waals surface area contributed by atoms with Crippen LogP contribution in [-0.2, 0) is 32.1 Å². The van der Waals surface area contributed by atoms with E-state index in [2.05, 4.69) is 30.4 Å². The lowest BCUT2D eigenvalue weighted by molar-refractivity contribution is -0.180. The standard InChI is InChI=1S/C23H25FN6O6/c1-13-6-15(8-18(26-13)22(31)25-9-14-4-5-17(24)19(7-14)33-2)21-27-29-30(28-21)10-16-11-36-20(12-35-16)23(32)34-3/h4-8,16,20H,9-12H2,1-3H3,(H,25,31)/t16-,20+/m1/s1. The summed E-state index contributed by atoms with van der Waals surface area (Å²) in [6.45, 7) is 2.43. The maximum Gasteiger partial charge on any atom is 0.337 e. The number of rotatable bonds is 8. The summed E-state index contributed by atoms with van der Waals surface area (Å²) in [5.74, 6) is -0.975. The van der Waals surface area contributed by atoms with Gasteiger partial charge in [-0.1, -0.05) is 6.07 Å². The molecule has 2 atom stereocenters. The van der Waals surface area contributed by atoms with Crippen molar-refractivity contribution in [2.75, 3.05) is 27.4 Å². The van der Waals surface area contributed by atoms with Gasteiger partial charge < -0.3 is 24.3 Å². The molecule has 190 valence electrons. The molecule has 0 radical (unpaired) electrons. The Labute approximate surface area is 205 Å². The van der Waals surface area contributed by atoms with E-state index in [1.54, 1.807) is 25.1 Å². The van der Waals surface area contributed by atoms with Gasteiger partial charge in [0.2, 0.25) is 5.82 Å². The number of aromatic nitrogens is 5. The lowest BCUT2D eigenvalue weighted by atomic mass is 10.1. The molecule has 0 saturated carbocycles. The van der Waals surface area contributed by atoms with Gasteiger partial charge in [0.15, 0.2) is 17.7 Å². The smallest absolute Gasteiger partial charge is 0.337 e. The van der Waals surface area contributed by atoms with E-state index in [0.29, 0.717) is 22.6 Å². The van der Waals surface area contributed by atoms with Gasteiger partial charge in [-0.05, 0) is 42.0 Å². The molecule has 13 heteroatoms. The number of aryl methyl sites for hydroxylation is 1. The Kier molecular flexibility index (Phi) is 7.80. The number of hydrogen-bond acceptors (Lipinski definition) is 10. The Morgan fingerprint density at radius 2 is 2.03 bits per heavy atom. The third-order valence-electron chi connectivity index (χ3n) is 5.36. The predicted octanol–water partition coefficient (Wildman–Crippen LogP) is 1.08. The van der Waals surface area contributed by atoms with Crippen LogP contribution in [0.15, 0.2) is 30.3 Å². The normalized spacial score (nSPS) is 17.4. The molecule has 1 fully saturated rings. The zero-order valence-corrected chi connectivity index (χ0v) is 19.9. The Balaban J connectivity index is 1.39. The molecule has 36 heavy (non-hydrogen) atoms. The van der Waals surface area contributed by atoms with Crippen molar-refractivity contribution in [3.05, 3.63) is 53.1 Å². The van der Waals surface area contributed by atoms with Crippen molar-refractivity contribution < 1.29 is 32.9 Å². The number of pyridine rings is 1. The highest BCUT2D eigenvalue weighted by Gasteiger charge is 2.29. The Morgan fingerprint density at radius 3 is 2.75 bits per heavy atom. The van der Waals surface area contributed by atoms with Crippen LogP contribution in [0.5, 0.6) is 5.75 Å². The molecule has 0 bridgehead atoms. The number of tetrazole rings is 1. The summed E-state index contributed by atoms with van der Waals surface area (Å²) in [7, 11) is 2.66. The first-order chi connectivity index (χ1) is 17.4. The number of carbonyl (C=O) groups excluding carboxylic acids is 2. The fourth-order valence-electron chi connectivity index (χ4n) is 3.54. The van der Waals surface area contributed by atoms with Crippen LogP contribution in [0.2, 0.25) is 0 Å². The van der Waals surface area contributed by atoms with E-state index in [0.717, 1.165) is 0 Å². The summed E-state index contributed by atoms with van der Waals surface area (Å²) in [4.78, 5) is 29.9. The molecule has 4 rings (SSSR count). The summed E-state index contributed by atoms with van der Waals surface area (Å²) >= 11 is 0. The third-order valence-corrected chi connectivity index (χ3v) is 5.36. The van der Waals surface area contributed by atoms with Crippen LogP contribution >= 0.6 is 0 Å². The molecule has 2 aromatic heterocycles. The molecule has 0 unspecified atom stereocenters. The van der Waals surface area contributed by atoms with Crippen LogP contribution in [0.1, 0.15) is 21.7 Å². The number of benzene rings is 1. The van der Waals surface area contributed by atoms with Gasteiger partial charge in [-0.2, -0.15) is 4.80 Å². The van der Waals surface area contributed by atoms with Crippen LogP contribution in [0.3, 0.4) is 0 Å². The number of hydrogen-bond donors (Lipinski definition) is 1. The molecule has 3 aromatic rings. The molecule has 1 aromatic carbocycles. The summed E-state index contributed by atoms with van der Waals surface area (Å²) in [5, 5.41) is 15.2. The molecule has 1 saturated heterocycles. The van der Waals surface area contributed by atoms with Crippen LogP contribution in [0.4, 0.5) is 4.39 Å². The van der Waals surface area contributed by atoms with E-state index >= 15 is 0 Å². The average molecular weight is 500 g/mol. The Hall–Kier alpha value is -3.97. The molecular formula is C23H25FN6O6. The number of esters is 1. The van der Waals surface area contributed by atoms with Gasteiger partial charge in [-0.3, -0.25) is 4.79 Å². The van der Waals surface area contributed by atoms with Gasteiger partial charge in [0.05, 0.1) is 34.0 Å². The average Bonchev–Trinajstić information content (AvgIpc) is 3.36. The first-order valence-electron chi connectivity index (χ1n) is 11.0. The van der Waals surface area contributed by atoms with Gasteiger partial charge >= 0.3 is 5.97 Å². The second kappa shape index (κ2) is 11.2. The zero-order chi connectivity index (χ0) is 25.7. The topological polar surface area (TPSA) is 140 Å². The number of ether oxygens (including phenoxy) is 4. The minimum absolute atomic E-state index is 0.0750. The van der Waals surface area contributed by atoms with Crippen LogP contribution in [-0.4, -0.2) is 76.7 Å². The highest BCUT2D eigenvalue weighted by Crippen LogP contribution is 2.19. The summed E-state index contributed by atoms with van der Waals surface area (Å²) in [6.07, 6.45) is -1.11. The van der Waals surface area contributed by atoms with E-state index in [-0.39, 0.29) is 43.9 Å². The number of amides is 1. The molecule has 1 amide bonds. The quantitative estimate of drug-likeness (QED) is 0.447. The van der Waals surface area contributed by atoms with E-state index in [9.17, 15) is 14.0 Å². The second-order valence-electron chi connectivity index (χ2n) is 8.00. The second-order valence-corrected chi connectivity index (χ2v) is 8.00. The van der Waals surface area contributed by atoms with Crippen LogP contribution < -0.4 is 10.1 Å². The lowest BCUT2D eigenvalue weighted by Crippen LogP contribution is -2.42. The van der Waals surface area contributed by atoms with Crippen molar-refractivity contribution in [3.8, 4) is 17.1 Å². The Bertz CT molecular complexity index is 1240. The molecule has 12 nitrogen and oxygen atoms in total. The summed E-state index contributed by atoms with van der Waals surface area (Å²) < 4.78 is 34.3. The fraction of sp³-hybridized carbons (Fsp3) is 0.391. The van der Waals surface area contributed by atoms with Crippen molar-refractivity contribution in [1.82, 2.24) is 30.5 Å². The van der Waals surface area contributed by atoms with E-state index < -0.39 is 23.8 Å². The van der Waals surface area contributed by atoms with E-state index in [1.165, 1.54) is 31.1 Å². The molecule has 3 heterocycles. The van der Waals surface area contributed by atoms with Crippen molar-refractivity contribution in [2.45, 2.75) is 32.2 Å².